The van der Waals surface area contributed by atoms with E-state index in [1.807, 2.05) is 6.92 Å². The molecule has 0 bridgehead atoms. The van der Waals surface area contributed by atoms with Gasteiger partial charge in [0.25, 0.3) is 0 Å². The molecule has 2 aliphatic rings. The summed E-state index contributed by atoms with van der Waals surface area (Å²) in [6, 6.07) is 2.08. The Balaban J connectivity index is 1.70. The molecule has 2 heterocycles. The maximum atomic E-state index is 12.7. The summed E-state index contributed by atoms with van der Waals surface area (Å²) in [5.74, 6) is 1.71. The van der Waals surface area contributed by atoms with Gasteiger partial charge in [0, 0.05) is 19.0 Å². The summed E-state index contributed by atoms with van der Waals surface area (Å²) in [6.07, 6.45) is 6.20. The number of aromatic nitrogens is 1. The summed E-state index contributed by atoms with van der Waals surface area (Å²) in [4.78, 5) is 19.7. The van der Waals surface area contributed by atoms with E-state index in [4.69, 9.17) is 9.72 Å². The molecule has 1 unspecified atom stereocenters. The first-order valence-electron chi connectivity index (χ1n) is 9.68. The largest absolute Gasteiger partial charge is 0.378 e. The maximum Gasteiger partial charge on any atom is 0.227 e. The summed E-state index contributed by atoms with van der Waals surface area (Å²) in [5.41, 5.74) is 2.86. The van der Waals surface area contributed by atoms with Gasteiger partial charge in [-0.25, -0.2) is 4.98 Å². The number of anilines is 2. The van der Waals surface area contributed by atoms with Gasteiger partial charge in [0.15, 0.2) is 0 Å². The van der Waals surface area contributed by atoms with Crippen molar-refractivity contribution in [1.29, 1.82) is 0 Å². The quantitative estimate of drug-likeness (QED) is 0.904. The van der Waals surface area contributed by atoms with E-state index in [-0.39, 0.29) is 11.8 Å². The molecule has 0 radical (unpaired) electrons. The number of ether oxygens (including phenoxy) is 1. The first-order valence-corrected chi connectivity index (χ1v) is 9.68. The summed E-state index contributed by atoms with van der Waals surface area (Å²) in [5, 5.41) is 3.16. The number of rotatable bonds is 4. The predicted octanol–water partition coefficient (Wildman–Crippen LogP) is 3.69. The third-order valence-corrected chi connectivity index (χ3v) is 5.74. The van der Waals surface area contributed by atoms with Crippen molar-refractivity contribution in [3.8, 4) is 0 Å². The zero-order valence-electron chi connectivity index (χ0n) is 15.8. The number of carbonyl (C=O) groups is 1. The van der Waals surface area contributed by atoms with Crippen molar-refractivity contribution in [2.75, 3.05) is 36.5 Å². The Morgan fingerprint density at radius 3 is 2.56 bits per heavy atom. The van der Waals surface area contributed by atoms with E-state index in [1.165, 1.54) is 32.1 Å². The molecule has 1 amide bonds. The highest BCUT2D eigenvalue weighted by atomic mass is 16.5. The van der Waals surface area contributed by atoms with Crippen LogP contribution in [0.3, 0.4) is 0 Å². The Hall–Kier alpha value is -1.62. The molecule has 5 heteroatoms. The van der Waals surface area contributed by atoms with Crippen molar-refractivity contribution in [1.82, 2.24) is 4.98 Å². The van der Waals surface area contributed by atoms with E-state index in [0.29, 0.717) is 5.92 Å². The molecule has 1 N–H and O–H groups in total. The number of hydrogen-bond donors (Lipinski definition) is 1. The zero-order chi connectivity index (χ0) is 17.8. The highest BCUT2D eigenvalue weighted by molar-refractivity contribution is 5.94. The second-order valence-corrected chi connectivity index (χ2v) is 7.53. The van der Waals surface area contributed by atoms with Crippen LogP contribution in [-0.2, 0) is 9.53 Å². The van der Waals surface area contributed by atoms with E-state index >= 15 is 0 Å². The van der Waals surface area contributed by atoms with E-state index in [1.54, 1.807) is 0 Å². The standard InChI is InChI=1S/C20H31N3O2/c1-14-13-18(23-9-11-25-12-10-23)21-16(3)19(14)22-20(24)15(2)17-7-5-4-6-8-17/h13,15,17H,4-12H2,1-3H3,(H,22,24). The molecule has 1 atom stereocenters. The third kappa shape index (κ3) is 4.32. The van der Waals surface area contributed by atoms with Gasteiger partial charge in [-0.15, -0.1) is 0 Å². The molecule has 1 saturated heterocycles. The summed E-state index contributed by atoms with van der Waals surface area (Å²) in [7, 11) is 0. The lowest BCUT2D eigenvalue weighted by Gasteiger charge is -2.29. The van der Waals surface area contributed by atoms with Crippen LogP contribution in [0.4, 0.5) is 11.5 Å². The molecule has 0 aromatic carbocycles. The fraction of sp³-hybridized carbons (Fsp3) is 0.700. The Morgan fingerprint density at radius 2 is 1.92 bits per heavy atom. The first kappa shape index (κ1) is 18.2. The van der Waals surface area contributed by atoms with Gasteiger partial charge >= 0.3 is 0 Å². The van der Waals surface area contributed by atoms with Crippen molar-refractivity contribution in [3.05, 3.63) is 17.3 Å². The highest BCUT2D eigenvalue weighted by Crippen LogP contribution is 2.31. The molecule has 5 nitrogen and oxygen atoms in total. The molecule has 3 rings (SSSR count). The molecule has 2 fully saturated rings. The van der Waals surface area contributed by atoms with E-state index in [0.717, 1.165) is 49.1 Å². The molecular formula is C20H31N3O2. The summed E-state index contributed by atoms with van der Waals surface area (Å²) in [6.45, 7) is 9.35. The number of pyridine rings is 1. The molecule has 1 aliphatic heterocycles. The minimum atomic E-state index is 0.0676. The second-order valence-electron chi connectivity index (χ2n) is 7.53. The van der Waals surface area contributed by atoms with Crippen molar-refractivity contribution in [3.63, 3.8) is 0 Å². The van der Waals surface area contributed by atoms with Crippen LogP contribution in [0.15, 0.2) is 6.07 Å². The van der Waals surface area contributed by atoms with Crippen molar-refractivity contribution in [2.45, 2.75) is 52.9 Å². The van der Waals surface area contributed by atoms with Crippen molar-refractivity contribution < 1.29 is 9.53 Å². The number of amides is 1. The molecule has 1 saturated carbocycles. The Kier molecular flexibility index (Phi) is 5.94. The molecule has 25 heavy (non-hydrogen) atoms. The fourth-order valence-electron chi connectivity index (χ4n) is 4.04. The number of hydrogen-bond acceptors (Lipinski definition) is 4. The van der Waals surface area contributed by atoms with Crippen LogP contribution in [0, 0.1) is 25.7 Å². The Labute approximate surface area is 151 Å². The number of nitrogens with zero attached hydrogens (tertiary/aromatic N) is 2. The molecule has 1 aliphatic carbocycles. The SMILES string of the molecule is Cc1cc(N2CCOCC2)nc(C)c1NC(=O)C(C)C1CCCCC1. The van der Waals surface area contributed by atoms with E-state index in [9.17, 15) is 4.79 Å². The van der Waals surface area contributed by atoms with Crippen LogP contribution in [0.1, 0.15) is 50.3 Å². The highest BCUT2D eigenvalue weighted by Gasteiger charge is 2.26. The lowest BCUT2D eigenvalue weighted by atomic mass is 9.80. The third-order valence-electron chi connectivity index (χ3n) is 5.74. The van der Waals surface area contributed by atoms with Crippen LogP contribution in [-0.4, -0.2) is 37.2 Å². The fourth-order valence-corrected chi connectivity index (χ4v) is 4.04. The minimum Gasteiger partial charge on any atom is -0.378 e. The smallest absolute Gasteiger partial charge is 0.227 e. The van der Waals surface area contributed by atoms with E-state index < -0.39 is 0 Å². The molecule has 138 valence electrons. The van der Waals surface area contributed by atoms with Gasteiger partial charge in [-0.1, -0.05) is 26.2 Å². The normalized spacial score (nSPS) is 20.4. The Bertz CT molecular complexity index is 582. The van der Waals surface area contributed by atoms with Crippen LogP contribution >= 0.6 is 0 Å². The van der Waals surface area contributed by atoms with Crippen LogP contribution < -0.4 is 10.2 Å². The van der Waals surface area contributed by atoms with E-state index in [2.05, 4.69) is 30.1 Å². The first-order chi connectivity index (χ1) is 12.1. The molecular weight excluding hydrogens is 314 g/mol. The minimum absolute atomic E-state index is 0.0676. The van der Waals surface area contributed by atoms with Gasteiger partial charge in [-0.2, -0.15) is 0 Å². The molecule has 1 aromatic rings. The number of morpholine rings is 1. The second kappa shape index (κ2) is 8.17. The maximum absolute atomic E-state index is 12.7. The summed E-state index contributed by atoms with van der Waals surface area (Å²) >= 11 is 0. The average molecular weight is 345 g/mol. The van der Waals surface area contributed by atoms with Crippen molar-refractivity contribution in [2.24, 2.45) is 11.8 Å². The molecule has 1 aromatic heterocycles. The van der Waals surface area contributed by atoms with Crippen molar-refractivity contribution >= 4 is 17.4 Å². The lowest BCUT2D eigenvalue weighted by molar-refractivity contribution is -0.121. The van der Waals surface area contributed by atoms with Gasteiger partial charge in [-0.3, -0.25) is 4.79 Å². The number of aryl methyl sites for hydroxylation is 2. The van der Waals surface area contributed by atoms with Gasteiger partial charge < -0.3 is 15.0 Å². The number of carbonyl (C=O) groups excluding carboxylic acids is 1. The lowest BCUT2D eigenvalue weighted by Crippen LogP contribution is -2.37. The Morgan fingerprint density at radius 1 is 1.24 bits per heavy atom. The van der Waals surface area contributed by atoms with Gasteiger partial charge in [0.2, 0.25) is 5.91 Å². The van der Waals surface area contributed by atoms with Crippen LogP contribution in [0.25, 0.3) is 0 Å². The molecule has 0 spiro atoms. The van der Waals surface area contributed by atoms with Gasteiger partial charge in [0.1, 0.15) is 5.82 Å². The predicted molar refractivity (Wildman–Crippen MR) is 101 cm³/mol. The zero-order valence-corrected chi connectivity index (χ0v) is 15.8. The summed E-state index contributed by atoms with van der Waals surface area (Å²) < 4.78 is 5.42. The van der Waals surface area contributed by atoms with Gasteiger partial charge in [0.05, 0.1) is 24.6 Å². The monoisotopic (exact) mass is 345 g/mol. The topological polar surface area (TPSA) is 54.5 Å². The average Bonchev–Trinajstić information content (AvgIpc) is 2.65. The van der Waals surface area contributed by atoms with Gasteiger partial charge in [-0.05, 0) is 44.2 Å². The number of nitrogens with one attached hydrogen (secondary N) is 1. The van der Waals surface area contributed by atoms with Crippen LogP contribution in [0.5, 0.6) is 0 Å². The van der Waals surface area contributed by atoms with Crippen LogP contribution in [0.2, 0.25) is 0 Å².